The molecule has 4 aliphatic rings. The van der Waals surface area contributed by atoms with Crippen LogP contribution in [0.15, 0.2) is 9.98 Å². The van der Waals surface area contributed by atoms with Crippen molar-refractivity contribution in [3.8, 4) is 0 Å². The monoisotopic (exact) mass is 433 g/mol. The molecule has 7 heteroatoms. The molecule has 0 aromatic heterocycles. The molecule has 1 unspecified atom stereocenters. The van der Waals surface area contributed by atoms with Crippen LogP contribution in [0.2, 0.25) is 0 Å². The number of hydrogen-bond donors (Lipinski definition) is 1. The molecule has 0 saturated heterocycles. The van der Waals surface area contributed by atoms with Crippen LogP contribution in [-0.2, 0) is 4.74 Å². The van der Waals surface area contributed by atoms with Crippen LogP contribution in [0, 0.1) is 5.92 Å². The normalized spacial score (nSPS) is 33.4. The summed E-state index contributed by atoms with van der Waals surface area (Å²) in [6.07, 6.45) is 11.3. The minimum Gasteiger partial charge on any atom is -0.468 e. The third kappa shape index (κ3) is 5.12. The standard InChI is InChI=1S/C24H43N5O2/c1-18-6-8-20(9-7-18)27-16-4-14-25-23(27)29(19(2)30)22-12-10-21(11-13-22)28-17-5-15-26-24(28)31-3/h18-22,30H,4-17H2,1-3H3. The molecule has 0 radical (unpaired) electrons. The molecular weight excluding hydrogens is 390 g/mol. The van der Waals surface area contributed by atoms with Gasteiger partial charge in [0.2, 0.25) is 0 Å². The molecule has 0 amide bonds. The summed E-state index contributed by atoms with van der Waals surface area (Å²) in [5.74, 6) is 1.92. The fourth-order valence-corrected chi connectivity index (χ4v) is 6.15. The molecule has 2 heterocycles. The van der Waals surface area contributed by atoms with E-state index >= 15 is 0 Å². The van der Waals surface area contributed by atoms with Crippen molar-refractivity contribution in [2.45, 2.75) is 102 Å². The van der Waals surface area contributed by atoms with Gasteiger partial charge in [0.25, 0.3) is 6.02 Å². The Labute approximate surface area is 188 Å². The summed E-state index contributed by atoms with van der Waals surface area (Å²) in [4.78, 5) is 16.8. The van der Waals surface area contributed by atoms with Crippen LogP contribution in [0.5, 0.6) is 0 Å². The number of aliphatic imine (C=N–C) groups is 2. The second-order valence-electron chi connectivity index (χ2n) is 10.1. The van der Waals surface area contributed by atoms with Gasteiger partial charge in [0.1, 0.15) is 6.23 Å². The van der Waals surface area contributed by atoms with E-state index in [9.17, 15) is 5.11 Å². The molecule has 0 bridgehead atoms. The van der Waals surface area contributed by atoms with E-state index in [1.54, 1.807) is 7.11 Å². The lowest BCUT2D eigenvalue weighted by Gasteiger charge is -2.48. The van der Waals surface area contributed by atoms with Gasteiger partial charge in [-0.25, -0.2) is 4.99 Å². The van der Waals surface area contributed by atoms with Crippen molar-refractivity contribution in [1.29, 1.82) is 0 Å². The third-order valence-corrected chi connectivity index (χ3v) is 7.86. The lowest BCUT2D eigenvalue weighted by Crippen LogP contribution is -2.59. The quantitative estimate of drug-likeness (QED) is 0.690. The Morgan fingerprint density at radius 2 is 1.48 bits per heavy atom. The Morgan fingerprint density at radius 3 is 2.13 bits per heavy atom. The van der Waals surface area contributed by atoms with Gasteiger partial charge in [-0.3, -0.25) is 4.99 Å². The van der Waals surface area contributed by atoms with Crippen molar-refractivity contribution in [2.24, 2.45) is 15.9 Å². The number of hydrogen-bond acceptors (Lipinski definition) is 7. The maximum Gasteiger partial charge on any atom is 0.287 e. The summed E-state index contributed by atoms with van der Waals surface area (Å²) in [5.41, 5.74) is 0. The molecule has 176 valence electrons. The average molecular weight is 434 g/mol. The molecule has 0 aromatic rings. The summed E-state index contributed by atoms with van der Waals surface area (Å²) in [6, 6.07) is 2.25. The van der Waals surface area contributed by atoms with Crippen LogP contribution in [-0.4, -0.2) is 89.4 Å². The first-order valence-corrected chi connectivity index (χ1v) is 12.7. The summed E-state index contributed by atoms with van der Waals surface area (Å²) in [7, 11) is 1.74. The second kappa shape index (κ2) is 10.4. The Kier molecular flexibility index (Phi) is 7.62. The first-order valence-electron chi connectivity index (χ1n) is 12.7. The zero-order valence-electron chi connectivity index (χ0n) is 19.9. The first-order chi connectivity index (χ1) is 15.1. The molecule has 7 nitrogen and oxygen atoms in total. The van der Waals surface area contributed by atoms with Crippen LogP contribution in [0.4, 0.5) is 0 Å². The van der Waals surface area contributed by atoms with Crippen molar-refractivity contribution in [3.63, 3.8) is 0 Å². The number of aliphatic hydroxyl groups excluding tert-OH is 1. The molecule has 2 saturated carbocycles. The van der Waals surface area contributed by atoms with Gasteiger partial charge in [-0.2, -0.15) is 0 Å². The summed E-state index contributed by atoms with van der Waals surface area (Å²) >= 11 is 0. The van der Waals surface area contributed by atoms with Crippen LogP contribution in [0.25, 0.3) is 0 Å². The highest BCUT2D eigenvalue weighted by Gasteiger charge is 2.38. The van der Waals surface area contributed by atoms with Gasteiger partial charge in [0.15, 0.2) is 5.96 Å². The Hall–Kier alpha value is -1.50. The van der Waals surface area contributed by atoms with Gasteiger partial charge in [0, 0.05) is 44.3 Å². The van der Waals surface area contributed by atoms with Crippen LogP contribution in [0.3, 0.4) is 0 Å². The van der Waals surface area contributed by atoms with Gasteiger partial charge in [-0.1, -0.05) is 6.92 Å². The lowest BCUT2D eigenvalue weighted by atomic mass is 9.86. The predicted molar refractivity (Wildman–Crippen MR) is 125 cm³/mol. The van der Waals surface area contributed by atoms with Crippen molar-refractivity contribution in [3.05, 3.63) is 0 Å². The van der Waals surface area contributed by atoms with Crippen LogP contribution < -0.4 is 0 Å². The maximum atomic E-state index is 10.8. The van der Waals surface area contributed by atoms with Gasteiger partial charge >= 0.3 is 0 Å². The minimum atomic E-state index is -0.505. The van der Waals surface area contributed by atoms with E-state index in [-0.39, 0.29) is 0 Å². The summed E-state index contributed by atoms with van der Waals surface area (Å²) in [6.45, 7) is 8.19. The van der Waals surface area contributed by atoms with Gasteiger partial charge in [0.05, 0.1) is 7.11 Å². The number of methoxy groups -OCH3 is 1. The molecule has 0 aromatic carbocycles. The Balaban J connectivity index is 1.43. The molecule has 2 aliphatic heterocycles. The molecule has 2 fully saturated rings. The summed E-state index contributed by atoms with van der Waals surface area (Å²) in [5, 5.41) is 10.8. The van der Waals surface area contributed by atoms with Crippen LogP contribution in [0.1, 0.15) is 78.1 Å². The minimum absolute atomic E-state index is 0.353. The van der Waals surface area contributed by atoms with Crippen molar-refractivity contribution in [2.75, 3.05) is 33.3 Å². The number of rotatable bonds is 4. The van der Waals surface area contributed by atoms with Gasteiger partial charge in [-0.05, 0) is 77.0 Å². The second-order valence-corrected chi connectivity index (χ2v) is 10.1. The smallest absolute Gasteiger partial charge is 0.287 e. The molecular formula is C24H43N5O2. The highest BCUT2D eigenvalue weighted by atomic mass is 16.5. The summed E-state index contributed by atoms with van der Waals surface area (Å²) < 4.78 is 5.55. The SMILES string of the molecule is COC1=NCCCN1C1CCC(N(C2=NCCCN2C2CCC(C)CC2)C(C)O)CC1. The molecule has 0 spiro atoms. The molecule has 1 atom stereocenters. The van der Waals surface area contributed by atoms with E-state index in [0.717, 1.165) is 82.6 Å². The van der Waals surface area contributed by atoms with Gasteiger partial charge in [-0.15, -0.1) is 0 Å². The molecule has 31 heavy (non-hydrogen) atoms. The number of aliphatic hydroxyl groups is 1. The largest absolute Gasteiger partial charge is 0.468 e. The zero-order chi connectivity index (χ0) is 21.8. The van der Waals surface area contributed by atoms with E-state index in [1.807, 2.05) is 6.92 Å². The van der Waals surface area contributed by atoms with Crippen molar-refractivity contribution >= 4 is 12.0 Å². The van der Waals surface area contributed by atoms with Crippen molar-refractivity contribution in [1.82, 2.24) is 14.7 Å². The highest BCUT2D eigenvalue weighted by Crippen LogP contribution is 2.33. The van der Waals surface area contributed by atoms with E-state index in [0.29, 0.717) is 18.1 Å². The number of nitrogens with zero attached hydrogens (tertiary/aromatic N) is 5. The lowest BCUT2D eigenvalue weighted by molar-refractivity contribution is 0.00839. The van der Waals surface area contributed by atoms with E-state index in [2.05, 4.69) is 26.6 Å². The highest BCUT2D eigenvalue weighted by molar-refractivity contribution is 5.81. The number of ether oxygens (including phenoxy) is 1. The Bertz CT molecular complexity index is 636. The zero-order valence-corrected chi connectivity index (χ0v) is 19.9. The number of amidine groups is 1. The predicted octanol–water partition coefficient (Wildman–Crippen LogP) is 3.29. The maximum absolute atomic E-state index is 10.8. The Morgan fingerprint density at radius 1 is 0.903 bits per heavy atom. The van der Waals surface area contributed by atoms with Gasteiger partial charge < -0.3 is 24.5 Å². The first kappa shape index (κ1) is 22.7. The van der Waals surface area contributed by atoms with Crippen molar-refractivity contribution < 1.29 is 9.84 Å². The topological polar surface area (TPSA) is 63.9 Å². The molecule has 1 N–H and O–H groups in total. The average Bonchev–Trinajstić information content (AvgIpc) is 2.80. The number of guanidine groups is 1. The van der Waals surface area contributed by atoms with E-state index in [1.165, 1.54) is 25.7 Å². The fourth-order valence-electron chi connectivity index (χ4n) is 6.15. The molecule has 4 rings (SSSR count). The van der Waals surface area contributed by atoms with E-state index < -0.39 is 6.23 Å². The fraction of sp³-hybridized carbons (Fsp3) is 0.917. The van der Waals surface area contributed by atoms with E-state index in [4.69, 9.17) is 9.73 Å². The third-order valence-electron chi connectivity index (χ3n) is 7.86. The molecule has 2 aliphatic carbocycles. The van der Waals surface area contributed by atoms with Crippen LogP contribution >= 0.6 is 0 Å².